The van der Waals surface area contributed by atoms with E-state index in [9.17, 15) is 0 Å². The summed E-state index contributed by atoms with van der Waals surface area (Å²) < 4.78 is 2.01. The molecule has 1 aliphatic carbocycles. The molecule has 0 bridgehead atoms. The highest BCUT2D eigenvalue weighted by molar-refractivity contribution is 6.28. The fourth-order valence-electron chi connectivity index (χ4n) is 2.40. The topological polar surface area (TPSA) is 30.7 Å². The summed E-state index contributed by atoms with van der Waals surface area (Å²) in [5.74, 6) is 1.81. The summed E-state index contributed by atoms with van der Waals surface area (Å²) >= 11 is 5.95. The monoisotopic (exact) mass is 227 g/mol. The minimum absolute atomic E-state index is 0.531. The maximum Gasteiger partial charge on any atom is 0.225 e. The Labute approximate surface area is 95.8 Å². The molecule has 84 valence electrons. The van der Waals surface area contributed by atoms with E-state index < -0.39 is 0 Å². The molecule has 0 N–H and O–H groups in total. The summed E-state index contributed by atoms with van der Waals surface area (Å²) in [6.45, 7) is 2.93. The van der Waals surface area contributed by atoms with Crippen LogP contribution in [0.4, 0.5) is 0 Å². The molecule has 0 saturated heterocycles. The lowest BCUT2D eigenvalue weighted by Gasteiger charge is -2.21. The Morgan fingerprint density at radius 2 is 2.00 bits per heavy atom. The zero-order chi connectivity index (χ0) is 10.7. The van der Waals surface area contributed by atoms with Crippen LogP contribution >= 0.6 is 11.6 Å². The summed E-state index contributed by atoms with van der Waals surface area (Å²) in [4.78, 5) is 0. The highest BCUT2D eigenvalue weighted by Crippen LogP contribution is 2.27. The average Bonchev–Trinajstić information content (AvgIpc) is 2.58. The SMILES string of the molecule is Cc1nnc(Cl)n1CCC1CCCCC1. The van der Waals surface area contributed by atoms with E-state index in [0.29, 0.717) is 5.28 Å². The molecular weight excluding hydrogens is 210 g/mol. The molecule has 1 aromatic rings. The van der Waals surface area contributed by atoms with Gasteiger partial charge in [0.1, 0.15) is 5.82 Å². The summed E-state index contributed by atoms with van der Waals surface area (Å²) in [7, 11) is 0. The first-order chi connectivity index (χ1) is 7.27. The van der Waals surface area contributed by atoms with Crippen molar-refractivity contribution in [3.8, 4) is 0 Å². The van der Waals surface area contributed by atoms with Crippen molar-refractivity contribution in [2.24, 2.45) is 5.92 Å². The van der Waals surface area contributed by atoms with Gasteiger partial charge >= 0.3 is 0 Å². The van der Waals surface area contributed by atoms with Crippen LogP contribution in [0.1, 0.15) is 44.3 Å². The van der Waals surface area contributed by atoms with E-state index in [1.54, 1.807) is 0 Å². The summed E-state index contributed by atoms with van der Waals surface area (Å²) in [6, 6.07) is 0. The van der Waals surface area contributed by atoms with Gasteiger partial charge in [0.05, 0.1) is 0 Å². The zero-order valence-electron chi connectivity index (χ0n) is 9.25. The van der Waals surface area contributed by atoms with Crippen molar-refractivity contribution in [2.75, 3.05) is 0 Å². The number of rotatable bonds is 3. The van der Waals surface area contributed by atoms with Gasteiger partial charge in [0.25, 0.3) is 0 Å². The van der Waals surface area contributed by atoms with E-state index in [0.717, 1.165) is 18.3 Å². The van der Waals surface area contributed by atoms with Crippen molar-refractivity contribution in [1.82, 2.24) is 14.8 Å². The normalized spacial score (nSPS) is 18.3. The Kier molecular flexibility index (Phi) is 3.62. The van der Waals surface area contributed by atoms with Gasteiger partial charge in [-0.3, -0.25) is 0 Å². The molecule has 1 fully saturated rings. The van der Waals surface area contributed by atoms with Crippen LogP contribution in [0, 0.1) is 12.8 Å². The molecule has 2 rings (SSSR count). The molecule has 0 radical (unpaired) electrons. The smallest absolute Gasteiger partial charge is 0.225 e. The molecule has 1 aliphatic rings. The van der Waals surface area contributed by atoms with Crippen LogP contribution in [-0.2, 0) is 6.54 Å². The number of aromatic nitrogens is 3. The summed E-state index contributed by atoms with van der Waals surface area (Å²) in [6.07, 6.45) is 8.22. The average molecular weight is 228 g/mol. The summed E-state index contributed by atoms with van der Waals surface area (Å²) in [5.41, 5.74) is 0. The zero-order valence-corrected chi connectivity index (χ0v) is 10.0. The van der Waals surface area contributed by atoms with E-state index in [-0.39, 0.29) is 0 Å². The minimum Gasteiger partial charge on any atom is -0.302 e. The fourth-order valence-corrected chi connectivity index (χ4v) is 2.64. The second-order valence-corrected chi connectivity index (χ2v) is 4.80. The van der Waals surface area contributed by atoms with Gasteiger partial charge in [-0.05, 0) is 30.9 Å². The lowest BCUT2D eigenvalue weighted by Crippen LogP contribution is -2.11. The molecule has 0 amide bonds. The Hall–Kier alpha value is -0.570. The van der Waals surface area contributed by atoms with Crippen molar-refractivity contribution in [3.63, 3.8) is 0 Å². The molecule has 0 atom stereocenters. The van der Waals surface area contributed by atoms with Gasteiger partial charge in [0.2, 0.25) is 5.28 Å². The quantitative estimate of drug-likeness (QED) is 0.794. The Morgan fingerprint density at radius 1 is 1.27 bits per heavy atom. The largest absolute Gasteiger partial charge is 0.302 e. The van der Waals surface area contributed by atoms with Crippen LogP contribution < -0.4 is 0 Å². The van der Waals surface area contributed by atoms with Gasteiger partial charge in [-0.15, -0.1) is 10.2 Å². The fraction of sp³-hybridized carbons (Fsp3) is 0.818. The molecule has 15 heavy (non-hydrogen) atoms. The number of nitrogens with zero attached hydrogens (tertiary/aromatic N) is 3. The molecule has 0 aromatic carbocycles. The molecule has 0 spiro atoms. The molecule has 1 heterocycles. The van der Waals surface area contributed by atoms with Crippen molar-refractivity contribution in [3.05, 3.63) is 11.1 Å². The standard InChI is InChI=1S/C11H18ClN3/c1-9-13-14-11(12)15(9)8-7-10-5-3-2-4-6-10/h10H,2-8H2,1H3. The van der Waals surface area contributed by atoms with Crippen LogP contribution in [-0.4, -0.2) is 14.8 Å². The van der Waals surface area contributed by atoms with Crippen molar-refractivity contribution < 1.29 is 0 Å². The van der Waals surface area contributed by atoms with Gasteiger partial charge in [-0.25, -0.2) is 0 Å². The molecule has 1 saturated carbocycles. The van der Waals surface area contributed by atoms with Gasteiger partial charge in [0.15, 0.2) is 0 Å². The van der Waals surface area contributed by atoms with Crippen molar-refractivity contribution in [2.45, 2.75) is 52.0 Å². The second kappa shape index (κ2) is 4.97. The maximum absolute atomic E-state index is 5.95. The first-order valence-electron chi connectivity index (χ1n) is 5.82. The van der Waals surface area contributed by atoms with Gasteiger partial charge in [-0.2, -0.15) is 0 Å². The highest BCUT2D eigenvalue weighted by atomic mass is 35.5. The van der Waals surface area contributed by atoms with Crippen LogP contribution in [0.2, 0.25) is 5.28 Å². The first-order valence-corrected chi connectivity index (χ1v) is 6.20. The Balaban J connectivity index is 1.87. The number of halogens is 1. The Morgan fingerprint density at radius 3 is 2.60 bits per heavy atom. The maximum atomic E-state index is 5.95. The van der Waals surface area contributed by atoms with E-state index in [1.807, 2.05) is 11.5 Å². The number of hydrogen-bond acceptors (Lipinski definition) is 2. The third-order valence-corrected chi connectivity index (χ3v) is 3.66. The first kappa shape index (κ1) is 10.9. The van der Waals surface area contributed by atoms with E-state index in [4.69, 9.17) is 11.6 Å². The predicted octanol–water partition coefficient (Wildman–Crippen LogP) is 3.21. The van der Waals surface area contributed by atoms with Crippen LogP contribution in [0.15, 0.2) is 0 Å². The highest BCUT2D eigenvalue weighted by Gasteiger charge is 2.14. The molecule has 3 nitrogen and oxygen atoms in total. The molecule has 4 heteroatoms. The molecule has 1 aromatic heterocycles. The van der Waals surface area contributed by atoms with Crippen LogP contribution in [0.25, 0.3) is 0 Å². The third-order valence-electron chi connectivity index (χ3n) is 3.38. The van der Waals surface area contributed by atoms with Crippen molar-refractivity contribution >= 4 is 11.6 Å². The lowest BCUT2D eigenvalue weighted by molar-refractivity contribution is 0.323. The molecular formula is C11H18ClN3. The van der Waals surface area contributed by atoms with E-state index >= 15 is 0 Å². The summed E-state index contributed by atoms with van der Waals surface area (Å²) in [5, 5.41) is 8.35. The third kappa shape index (κ3) is 2.71. The predicted molar refractivity (Wildman–Crippen MR) is 61.0 cm³/mol. The number of aryl methyl sites for hydroxylation is 1. The van der Waals surface area contributed by atoms with Gasteiger partial charge in [-0.1, -0.05) is 32.1 Å². The number of hydrogen-bond donors (Lipinski definition) is 0. The van der Waals surface area contributed by atoms with Crippen LogP contribution in [0.3, 0.4) is 0 Å². The molecule has 0 unspecified atom stereocenters. The van der Waals surface area contributed by atoms with E-state index in [1.165, 1.54) is 38.5 Å². The van der Waals surface area contributed by atoms with Crippen LogP contribution in [0.5, 0.6) is 0 Å². The second-order valence-electron chi connectivity index (χ2n) is 4.46. The lowest BCUT2D eigenvalue weighted by atomic mass is 9.87. The van der Waals surface area contributed by atoms with Gasteiger partial charge < -0.3 is 4.57 Å². The van der Waals surface area contributed by atoms with E-state index in [2.05, 4.69) is 10.2 Å². The molecule has 0 aliphatic heterocycles. The van der Waals surface area contributed by atoms with Crippen molar-refractivity contribution in [1.29, 1.82) is 0 Å². The Bertz CT molecular complexity index is 296. The van der Waals surface area contributed by atoms with Gasteiger partial charge in [0, 0.05) is 6.54 Å². The minimum atomic E-state index is 0.531.